The molecule has 0 aromatic carbocycles. The summed E-state index contributed by atoms with van der Waals surface area (Å²) in [6.07, 6.45) is 0.673. The maximum atomic E-state index is 11.2. The lowest BCUT2D eigenvalue weighted by Gasteiger charge is -2.09. The number of rotatable bonds is 3. The van der Waals surface area contributed by atoms with Crippen molar-refractivity contribution in [3.8, 4) is 5.95 Å². The van der Waals surface area contributed by atoms with Crippen molar-refractivity contribution in [2.45, 2.75) is 34.1 Å². The van der Waals surface area contributed by atoms with Crippen LogP contribution in [0.1, 0.15) is 31.1 Å². The summed E-state index contributed by atoms with van der Waals surface area (Å²) in [6, 6.07) is 1.94. The van der Waals surface area contributed by atoms with Crippen LogP contribution in [0.5, 0.6) is 0 Å². The lowest BCUT2D eigenvalue weighted by Crippen LogP contribution is -2.25. The molecule has 18 heavy (non-hydrogen) atoms. The van der Waals surface area contributed by atoms with Gasteiger partial charge in [0.15, 0.2) is 5.82 Å². The molecule has 2 aromatic heterocycles. The zero-order valence-corrected chi connectivity index (χ0v) is 10.9. The molecule has 0 unspecified atom stereocenters. The van der Waals surface area contributed by atoms with Crippen LogP contribution in [0, 0.1) is 13.8 Å². The Balaban J connectivity index is 2.53. The van der Waals surface area contributed by atoms with Crippen LogP contribution in [0.15, 0.2) is 6.07 Å². The summed E-state index contributed by atoms with van der Waals surface area (Å²) in [5.74, 6) is 1.01. The van der Waals surface area contributed by atoms with E-state index in [0.717, 1.165) is 11.4 Å². The van der Waals surface area contributed by atoms with Gasteiger partial charge in [-0.15, -0.1) is 10.2 Å². The third kappa shape index (κ3) is 2.11. The Bertz CT molecular complexity index is 582. The number of carbonyl (C=O) groups is 1. The molecule has 0 atom stereocenters. The van der Waals surface area contributed by atoms with Crippen LogP contribution in [0.2, 0.25) is 0 Å². The van der Waals surface area contributed by atoms with Crippen molar-refractivity contribution < 1.29 is 4.79 Å². The molecule has 2 rings (SSSR count). The number of aromatic nitrogens is 5. The summed E-state index contributed by atoms with van der Waals surface area (Å²) in [6.45, 7) is 7.24. The van der Waals surface area contributed by atoms with Crippen molar-refractivity contribution in [3.05, 3.63) is 23.3 Å². The third-order valence-corrected chi connectivity index (χ3v) is 2.50. The Morgan fingerprint density at radius 1 is 1.39 bits per heavy atom. The molecule has 0 spiro atoms. The fourth-order valence-electron chi connectivity index (χ4n) is 1.78. The predicted octanol–water partition coefficient (Wildman–Crippen LogP) is 0.733. The van der Waals surface area contributed by atoms with E-state index in [2.05, 4.69) is 20.7 Å². The van der Waals surface area contributed by atoms with E-state index in [0.29, 0.717) is 18.2 Å². The molecule has 1 N–H and O–H groups in total. The highest BCUT2D eigenvalue weighted by Crippen LogP contribution is 2.10. The monoisotopic (exact) mass is 248 g/mol. The molecule has 0 saturated carbocycles. The minimum absolute atomic E-state index is 0.174. The summed E-state index contributed by atoms with van der Waals surface area (Å²) >= 11 is 0. The summed E-state index contributed by atoms with van der Waals surface area (Å²) < 4.78 is 3.24. The molecule has 7 heteroatoms. The number of carbonyl (C=O) groups excluding carboxylic acids is 1. The lowest BCUT2D eigenvalue weighted by molar-refractivity contribution is -0.115. The summed E-state index contributed by atoms with van der Waals surface area (Å²) in [7, 11) is 0. The Morgan fingerprint density at radius 2 is 2.11 bits per heavy atom. The van der Waals surface area contributed by atoms with Crippen LogP contribution in [0.4, 0.5) is 0 Å². The summed E-state index contributed by atoms with van der Waals surface area (Å²) in [5.41, 5.74) is 4.53. The lowest BCUT2D eigenvalue weighted by atomic mass is 10.4. The molecule has 0 saturated heterocycles. The molecule has 2 heterocycles. The van der Waals surface area contributed by atoms with Crippen molar-refractivity contribution in [1.82, 2.24) is 24.7 Å². The van der Waals surface area contributed by atoms with Crippen LogP contribution in [0.3, 0.4) is 0 Å². The van der Waals surface area contributed by atoms with E-state index in [4.69, 9.17) is 0 Å². The maximum absolute atomic E-state index is 11.2. The second kappa shape index (κ2) is 4.59. The van der Waals surface area contributed by atoms with Crippen LogP contribution in [0.25, 0.3) is 5.95 Å². The van der Waals surface area contributed by atoms with Gasteiger partial charge in [0, 0.05) is 19.0 Å². The van der Waals surface area contributed by atoms with E-state index in [1.165, 1.54) is 6.92 Å². The van der Waals surface area contributed by atoms with E-state index >= 15 is 0 Å². The number of nitrogens with one attached hydrogen (secondary N) is 1. The summed E-state index contributed by atoms with van der Waals surface area (Å²) in [5, 5.41) is 12.5. The standard InChI is InChI=1S/C11H16N6O/c1-5-10-12-13-11(17(10)15-9(4)18)16-8(3)6-7(2)14-16/h6H,5H2,1-4H3,(H,15,18). The van der Waals surface area contributed by atoms with Gasteiger partial charge in [0.2, 0.25) is 5.91 Å². The van der Waals surface area contributed by atoms with Crippen LogP contribution >= 0.6 is 0 Å². The zero-order valence-electron chi connectivity index (χ0n) is 10.9. The van der Waals surface area contributed by atoms with Gasteiger partial charge >= 0.3 is 0 Å². The van der Waals surface area contributed by atoms with Gasteiger partial charge in [0.25, 0.3) is 5.95 Å². The molecule has 0 radical (unpaired) electrons. The van der Waals surface area contributed by atoms with Gasteiger partial charge in [-0.3, -0.25) is 10.2 Å². The van der Waals surface area contributed by atoms with Crippen LogP contribution in [-0.2, 0) is 11.2 Å². The highest BCUT2D eigenvalue weighted by Gasteiger charge is 2.16. The zero-order chi connectivity index (χ0) is 13.3. The first-order chi connectivity index (χ1) is 8.52. The SMILES string of the molecule is CCc1nnc(-n2nc(C)cc2C)n1NC(C)=O. The minimum Gasteiger partial charge on any atom is -0.274 e. The minimum atomic E-state index is -0.174. The maximum Gasteiger partial charge on any atom is 0.271 e. The average molecular weight is 248 g/mol. The van der Waals surface area contributed by atoms with E-state index in [1.54, 1.807) is 9.36 Å². The molecule has 96 valence electrons. The van der Waals surface area contributed by atoms with Crippen molar-refractivity contribution in [3.63, 3.8) is 0 Å². The fraction of sp³-hybridized carbons (Fsp3) is 0.455. The highest BCUT2D eigenvalue weighted by atomic mass is 16.2. The third-order valence-electron chi connectivity index (χ3n) is 2.50. The highest BCUT2D eigenvalue weighted by molar-refractivity contribution is 5.81. The topological polar surface area (TPSA) is 77.6 Å². The average Bonchev–Trinajstić information content (AvgIpc) is 2.81. The Hall–Kier alpha value is -2.18. The Morgan fingerprint density at radius 3 is 2.61 bits per heavy atom. The molecule has 1 amide bonds. The Kier molecular flexibility index (Phi) is 3.14. The normalized spacial score (nSPS) is 10.7. The molecule has 0 aliphatic carbocycles. The van der Waals surface area contributed by atoms with Gasteiger partial charge in [-0.2, -0.15) is 5.10 Å². The molecule has 7 nitrogen and oxygen atoms in total. The van der Waals surface area contributed by atoms with Crippen molar-refractivity contribution in [1.29, 1.82) is 0 Å². The first-order valence-corrected chi connectivity index (χ1v) is 5.78. The molecule has 0 fully saturated rings. The second-order valence-corrected chi connectivity index (χ2v) is 4.11. The number of hydrogen-bond donors (Lipinski definition) is 1. The molecule has 0 aliphatic rings. The van der Waals surface area contributed by atoms with E-state index in [-0.39, 0.29) is 5.91 Å². The number of amides is 1. The molecule has 0 aliphatic heterocycles. The Labute approximate surface area is 105 Å². The molecular weight excluding hydrogens is 232 g/mol. The number of aryl methyl sites for hydroxylation is 3. The largest absolute Gasteiger partial charge is 0.274 e. The van der Waals surface area contributed by atoms with Gasteiger partial charge < -0.3 is 0 Å². The van der Waals surface area contributed by atoms with Gasteiger partial charge in [-0.1, -0.05) is 6.92 Å². The van der Waals surface area contributed by atoms with E-state index < -0.39 is 0 Å². The smallest absolute Gasteiger partial charge is 0.271 e. The molecule has 2 aromatic rings. The quantitative estimate of drug-likeness (QED) is 0.868. The second-order valence-electron chi connectivity index (χ2n) is 4.11. The van der Waals surface area contributed by atoms with Crippen molar-refractivity contribution >= 4 is 5.91 Å². The number of hydrogen-bond acceptors (Lipinski definition) is 4. The fourth-order valence-corrected chi connectivity index (χ4v) is 1.78. The van der Waals surface area contributed by atoms with E-state index in [1.807, 2.05) is 26.8 Å². The molecule has 0 bridgehead atoms. The van der Waals surface area contributed by atoms with Gasteiger partial charge in [-0.05, 0) is 19.9 Å². The van der Waals surface area contributed by atoms with Crippen LogP contribution in [-0.4, -0.2) is 30.6 Å². The van der Waals surface area contributed by atoms with Gasteiger partial charge in [0.05, 0.1) is 5.69 Å². The van der Waals surface area contributed by atoms with Gasteiger partial charge in [0.1, 0.15) is 0 Å². The predicted molar refractivity (Wildman–Crippen MR) is 66.0 cm³/mol. The molecular formula is C11H16N6O. The van der Waals surface area contributed by atoms with Gasteiger partial charge in [-0.25, -0.2) is 9.36 Å². The van der Waals surface area contributed by atoms with Crippen LogP contribution < -0.4 is 5.43 Å². The number of nitrogens with zero attached hydrogens (tertiary/aromatic N) is 5. The van der Waals surface area contributed by atoms with Crippen molar-refractivity contribution in [2.24, 2.45) is 0 Å². The van der Waals surface area contributed by atoms with E-state index in [9.17, 15) is 4.79 Å². The first kappa shape index (κ1) is 12.3. The summed E-state index contributed by atoms with van der Waals surface area (Å²) in [4.78, 5) is 11.2. The van der Waals surface area contributed by atoms with Crippen molar-refractivity contribution in [2.75, 3.05) is 5.43 Å². The first-order valence-electron chi connectivity index (χ1n) is 5.78.